The van der Waals surface area contributed by atoms with Gasteiger partial charge in [-0.05, 0) is 0 Å². The summed E-state index contributed by atoms with van der Waals surface area (Å²) in [4.78, 5) is 11.3. The molecule has 1 saturated heterocycles. The van der Waals surface area contributed by atoms with E-state index in [1.165, 1.54) is 0 Å². The first-order valence-corrected chi connectivity index (χ1v) is 5.30. The second-order valence-corrected chi connectivity index (χ2v) is 3.85. The molecule has 6 heteroatoms. The Bertz CT molecular complexity index is 215. The molecule has 1 unspecified atom stereocenters. The van der Waals surface area contributed by atoms with Crippen molar-refractivity contribution in [3.05, 3.63) is 0 Å². The molecule has 0 radical (unpaired) electrons. The van der Waals surface area contributed by atoms with Gasteiger partial charge in [0, 0.05) is 26.7 Å². The molecule has 16 heavy (non-hydrogen) atoms. The molecule has 0 aromatic carbocycles. The van der Waals surface area contributed by atoms with Crippen LogP contribution in [-0.4, -0.2) is 63.3 Å². The largest absolute Gasteiger partial charge is 0.386 e. The number of amides is 1. The zero-order chi connectivity index (χ0) is 11.9. The molecule has 0 aliphatic carbocycles. The molecule has 1 aliphatic heterocycles. The second kappa shape index (κ2) is 6.80. The standard InChI is InChI=1S/C10H19NO5/c1-14-4-5-15-6-9(12)11-7-10(13)2-3-16-8-10/h13H,2-8H2,1H3,(H,11,12). The highest BCUT2D eigenvalue weighted by Gasteiger charge is 2.32. The lowest BCUT2D eigenvalue weighted by atomic mass is 10.0. The highest BCUT2D eigenvalue weighted by Crippen LogP contribution is 2.16. The van der Waals surface area contributed by atoms with E-state index in [0.717, 1.165) is 0 Å². The molecule has 1 amide bonds. The molecule has 1 fully saturated rings. The van der Waals surface area contributed by atoms with Crippen LogP contribution in [0.5, 0.6) is 0 Å². The molecule has 6 nitrogen and oxygen atoms in total. The molecular weight excluding hydrogens is 214 g/mol. The Labute approximate surface area is 94.9 Å². The summed E-state index contributed by atoms with van der Waals surface area (Å²) in [6.07, 6.45) is 0.553. The quantitative estimate of drug-likeness (QED) is 0.547. The monoisotopic (exact) mass is 233 g/mol. The number of rotatable bonds is 7. The predicted octanol–water partition coefficient (Wildman–Crippen LogP) is -1.08. The molecule has 1 rings (SSSR count). The number of carbonyl (C=O) groups is 1. The fraction of sp³-hybridized carbons (Fsp3) is 0.900. The van der Waals surface area contributed by atoms with Crippen molar-refractivity contribution in [3.63, 3.8) is 0 Å². The minimum absolute atomic E-state index is 0.0136. The van der Waals surface area contributed by atoms with Crippen LogP contribution in [0.1, 0.15) is 6.42 Å². The van der Waals surface area contributed by atoms with Crippen LogP contribution in [0.4, 0.5) is 0 Å². The van der Waals surface area contributed by atoms with Crippen LogP contribution in [-0.2, 0) is 19.0 Å². The molecule has 0 saturated carbocycles. The van der Waals surface area contributed by atoms with Crippen molar-refractivity contribution >= 4 is 5.91 Å². The molecule has 1 aliphatic rings. The zero-order valence-corrected chi connectivity index (χ0v) is 9.53. The van der Waals surface area contributed by atoms with E-state index in [4.69, 9.17) is 14.2 Å². The minimum atomic E-state index is -0.914. The van der Waals surface area contributed by atoms with Gasteiger partial charge in [0.05, 0.1) is 19.8 Å². The van der Waals surface area contributed by atoms with Crippen LogP contribution in [0.2, 0.25) is 0 Å². The summed E-state index contributed by atoms with van der Waals surface area (Å²) >= 11 is 0. The van der Waals surface area contributed by atoms with E-state index in [1.807, 2.05) is 0 Å². The van der Waals surface area contributed by atoms with Crippen LogP contribution >= 0.6 is 0 Å². The molecule has 0 aromatic heterocycles. The third-order valence-electron chi connectivity index (χ3n) is 2.36. The Morgan fingerprint density at radius 1 is 1.56 bits per heavy atom. The average Bonchev–Trinajstić information content (AvgIpc) is 2.70. The van der Waals surface area contributed by atoms with Crippen molar-refractivity contribution in [3.8, 4) is 0 Å². The molecule has 0 bridgehead atoms. The SMILES string of the molecule is COCCOCC(=O)NCC1(O)CCOC1. The van der Waals surface area contributed by atoms with Crippen LogP contribution in [0.3, 0.4) is 0 Å². The van der Waals surface area contributed by atoms with E-state index in [-0.39, 0.29) is 25.7 Å². The maximum absolute atomic E-state index is 11.3. The molecule has 94 valence electrons. The Balaban J connectivity index is 2.05. The summed E-state index contributed by atoms with van der Waals surface area (Å²) in [5.74, 6) is -0.239. The first-order chi connectivity index (χ1) is 7.66. The van der Waals surface area contributed by atoms with Crippen molar-refractivity contribution in [1.29, 1.82) is 0 Å². The first kappa shape index (κ1) is 13.4. The van der Waals surface area contributed by atoms with E-state index in [9.17, 15) is 9.90 Å². The highest BCUT2D eigenvalue weighted by molar-refractivity contribution is 5.77. The van der Waals surface area contributed by atoms with E-state index in [1.54, 1.807) is 7.11 Å². The molecule has 0 spiro atoms. The molecule has 1 heterocycles. The number of hydrogen-bond donors (Lipinski definition) is 2. The van der Waals surface area contributed by atoms with Crippen LogP contribution in [0.25, 0.3) is 0 Å². The van der Waals surface area contributed by atoms with Gasteiger partial charge >= 0.3 is 0 Å². The Kier molecular flexibility index (Phi) is 5.68. The Hall–Kier alpha value is -0.690. The first-order valence-electron chi connectivity index (χ1n) is 5.30. The molecule has 0 aromatic rings. The smallest absolute Gasteiger partial charge is 0.246 e. The van der Waals surface area contributed by atoms with E-state index in [0.29, 0.717) is 26.2 Å². The van der Waals surface area contributed by atoms with Gasteiger partial charge in [0.25, 0.3) is 0 Å². The number of hydrogen-bond acceptors (Lipinski definition) is 5. The van der Waals surface area contributed by atoms with Gasteiger partial charge in [-0.25, -0.2) is 0 Å². The van der Waals surface area contributed by atoms with E-state index >= 15 is 0 Å². The third-order valence-corrected chi connectivity index (χ3v) is 2.36. The summed E-state index contributed by atoms with van der Waals surface area (Å²) in [5, 5.41) is 12.5. The van der Waals surface area contributed by atoms with Gasteiger partial charge in [0.2, 0.25) is 5.91 Å². The summed E-state index contributed by atoms with van der Waals surface area (Å²) in [5.41, 5.74) is -0.914. The summed E-state index contributed by atoms with van der Waals surface area (Å²) < 4.78 is 14.9. The van der Waals surface area contributed by atoms with Gasteiger partial charge in [-0.1, -0.05) is 0 Å². The lowest BCUT2D eigenvalue weighted by Crippen LogP contribution is -2.44. The Morgan fingerprint density at radius 2 is 2.38 bits per heavy atom. The fourth-order valence-corrected chi connectivity index (χ4v) is 1.36. The van der Waals surface area contributed by atoms with Crippen molar-refractivity contribution in [2.24, 2.45) is 0 Å². The zero-order valence-electron chi connectivity index (χ0n) is 9.53. The van der Waals surface area contributed by atoms with Crippen molar-refractivity contribution in [2.45, 2.75) is 12.0 Å². The third kappa shape index (κ3) is 4.89. The number of methoxy groups -OCH3 is 1. The maximum atomic E-state index is 11.3. The molecular formula is C10H19NO5. The van der Waals surface area contributed by atoms with Crippen molar-refractivity contribution < 1.29 is 24.1 Å². The van der Waals surface area contributed by atoms with Crippen molar-refractivity contribution in [1.82, 2.24) is 5.32 Å². The summed E-state index contributed by atoms with van der Waals surface area (Å²) in [6, 6.07) is 0. The van der Waals surface area contributed by atoms with Gasteiger partial charge in [0.15, 0.2) is 0 Å². The van der Waals surface area contributed by atoms with Gasteiger partial charge in [-0.3, -0.25) is 4.79 Å². The fourth-order valence-electron chi connectivity index (χ4n) is 1.36. The van der Waals surface area contributed by atoms with Crippen LogP contribution < -0.4 is 5.32 Å². The van der Waals surface area contributed by atoms with Gasteiger partial charge in [-0.2, -0.15) is 0 Å². The normalized spacial score (nSPS) is 24.6. The van der Waals surface area contributed by atoms with Gasteiger partial charge in [-0.15, -0.1) is 0 Å². The maximum Gasteiger partial charge on any atom is 0.246 e. The van der Waals surface area contributed by atoms with Crippen molar-refractivity contribution in [2.75, 3.05) is 46.7 Å². The minimum Gasteiger partial charge on any atom is -0.386 e. The number of aliphatic hydroxyl groups is 1. The number of nitrogens with one attached hydrogen (secondary N) is 1. The average molecular weight is 233 g/mol. The van der Waals surface area contributed by atoms with E-state index in [2.05, 4.69) is 5.32 Å². The van der Waals surface area contributed by atoms with Crippen LogP contribution in [0.15, 0.2) is 0 Å². The van der Waals surface area contributed by atoms with Gasteiger partial charge < -0.3 is 24.6 Å². The van der Waals surface area contributed by atoms with Crippen LogP contribution in [0, 0.1) is 0 Å². The van der Waals surface area contributed by atoms with Gasteiger partial charge in [0.1, 0.15) is 12.2 Å². The summed E-state index contributed by atoms with van der Waals surface area (Å²) in [6.45, 7) is 1.86. The number of carbonyl (C=O) groups excluding carboxylic acids is 1. The second-order valence-electron chi connectivity index (χ2n) is 3.85. The topological polar surface area (TPSA) is 77.0 Å². The highest BCUT2D eigenvalue weighted by atomic mass is 16.5. The molecule has 2 N–H and O–H groups in total. The van der Waals surface area contributed by atoms with E-state index < -0.39 is 5.60 Å². The lowest BCUT2D eigenvalue weighted by molar-refractivity contribution is -0.127. The lowest BCUT2D eigenvalue weighted by Gasteiger charge is -2.20. The predicted molar refractivity (Wildman–Crippen MR) is 56.1 cm³/mol. The molecule has 1 atom stereocenters. The number of ether oxygens (including phenoxy) is 3. The Morgan fingerprint density at radius 3 is 3.00 bits per heavy atom. The summed E-state index contributed by atoms with van der Waals surface area (Å²) in [7, 11) is 1.57.